The molecule has 0 fully saturated rings. The summed E-state index contributed by atoms with van der Waals surface area (Å²) in [5, 5.41) is 6.31. The average molecular weight is 336 g/mol. The lowest BCUT2D eigenvalue weighted by Crippen LogP contribution is -2.00. The minimum atomic E-state index is 0.726. The number of hydrogen-bond donors (Lipinski definition) is 1. The van der Waals surface area contributed by atoms with Crippen molar-refractivity contribution in [3.63, 3.8) is 0 Å². The van der Waals surface area contributed by atoms with Crippen molar-refractivity contribution in [2.45, 2.75) is 0 Å². The monoisotopic (exact) mass is 336 g/mol. The lowest BCUT2D eigenvalue weighted by molar-refractivity contribution is 0.884. The zero-order chi connectivity index (χ0) is 11.8. The first kappa shape index (κ1) is 10.5. The van der Waals surface area contributed by atoms with Gasteiger partial charge in [-0.2, -0.15) is 5.10 Å². The van der Waals surface area contributed by atoms with Gasteiger partial charge in [0.1, 0.15) is 0 Å². The van der Waals surface area contributed by atoms with Gasteiger partial charge in [-0.1, -0.05) is 6.07 Å². The first-order valence-electron chi connectivity index (χ1n) is 5.08. The predicted molar refractivity (Wildman–Crippen MR) is 76.0 cm³/mol. The highest BCUT2D eigenvalue weighted by Crippen LogP contribution is 2.26. The first-order chi connectivity index (χ1) is 8.25. The molecule has 0 bridgehead atoms. The molecule has 2 aromatic heterocycles. The molecule has 1 aromatic carbocycles. The van der Waals surface area contributed by atoms with Crippen LogP contribution in [0.15, 0.2) is 43.0 Å². The quantitative estimate of drug-likeness (QED) is 0.549. The molecule has 17 heavy (non-hydrogen) atoms. The number of aromatic nitrogens is 3. The smallest absolute Gasteiger partial charge is 0.0881 e. The second-order valence-corrected chi connectivity index (χ2v) is 4.94. The number of nitrogens with two attached hydrogens (primary N) is 1. The van der Waals surface area contributed by atoms with E-state index in [2.05, 4.69) is 32.7 Å². The van der Waals surface area contributed by atoms with Gasteiger partial charge in [0.25, 0.3) is 0 Å². The zero-order valence-corrected chi connectivity index (χ0v) is 11.0. The van der Waals surface area contributed by atoms with Gasteiger partial charge in [-0.25, -0.2) is 4.68 Å². The van der Waals surface area contributed by atoms with Crippen LogP contribution < -0.4 is 5.73 Å². The third-order valence-electron chi connectivity index (χ3n) is 2.64. The summed E-state index contributed by atoms with van der Waals surface area (Å²) in [4.78, 5) is 4.08. The number of pyridine rings is 1. The van der Waals surface area contributed by atoms with Gasteiger partial charge in [0.05, 0.1) is 21.1 Å². The summed E-state index contributed by atoms with van der Waals surface area (Å²) >= 11 is 2.22. The number of nitrogens with zero attached hydrogens (tertiary/aromatic N) is 3. The molecule has 2 heterocycles. The molecule has 84 valence electrons. The van der Waals surface area contributed by atoms with Crippen molar-refractivity contribution in [3.8, 4) is 5.69 Å². The third kappa shape index (κ3) is 1.76. The lowest BCUT2D eigenvalue weighted by Gasteiger charge is -2.08. The van der Waals surface area contributed by atoms with Crippen LogP contribution >= 0.6 is 22.6 Å². The van der Waals surface area contributed by atoms with Crippen molar-refractivity contribution in [1.82, 2.24) is 14.8 Å². The molecule has 0 aliphatic carbocycles. The Balaban J connectivity index is 2.28. The van der Waals surface area contributed by atoms with Gasteiger partial charge < -0.3 is 5.73 Å². The molecule has 5 heteroatoms. The maximum atomic E-state index is 6.17. The van der Waals surface area contributed by atoms with Crippen LogP contribution in [0.2, 0.25) is 0 Å². The molecule has 0 saturated carbocycles. The van der Waals surface area contributed by atoms with E-state index in [9.17, 15) is 0 Å². The molecule has 0 radical (unpaired) electrons. The normalized spacial score (nSPS) is 10.9. The number of rotatable bonds is 1. The van der Waals surface area contributed by atoms with Gasteiger partial charge in [-0.3, -0.25) is 4.98 Å². The molecule has 0 saturated heterocycles. The van der Waals surface area contributed by atoms with E-state index < -0.39 is 0 Å². The molecule has 2 N–H and O–H groups in total. The van der Waals surface area contributed by atoms with E-state index in [-0.39, 0.29) is 0 Å². The van der Waals surface area contributed by atoms with Crippen LogP contribution in [0.3, 0.4) is 0 Å². The molecular weight excluding hydrogens is 327 g/mol. The molecule has 4 nitrogen and oxygen atoms in total. The highest BCUT2D eigenvalue weighted by atomic mass is 127. The Bertz CT molecular complexity index is 690. The van der Waals surface area contributed by atoms with E-state index in [1.165, 1.54) is 0 Å². The Hall–Kier alpha value is -1.63. The van der Waals surface area contributed by atoms with Crippen molar-refractivity contribution in [3.05, 3.63) is 46.6 Å². The number of anilines is 1. The molecule has 0 unspecified atom stereocenters. The number of halogens is 1. The van der Waals surface area contributed by atoms with Gasteiger partial charge in [-0.15, -0.1) is 0 Å². The van der Waals surface area contributed by atoms with E-state index in [1.807, 2.05) is 30.6 Å². The zero-order valence-electron chi connectivity index (χ0n) is 8.84. The van der Waals surface area contributed by atoms with Crippen LogP contribution in [0.4, 0.5) is 5.69 Å². The van der Waals surface area contributed by atoms with Crippen LogP contribution in [0.1, 0.15) is 0 Å². The van der Waals surface area contributed by atoms with Gasteiger partial charge in [0, 0.05) is 29.4 Å². The topological polar surface area (TPSA) is 56.7 Å². The number of hydrogen-bond acceptors (Lipinski definition) is 3. The Kier molecular flexibility index (Phi) is 2.47. The van der Waals surface area contributed by atoms with Crippen LogP contribution in [0.25, 0.3) is 16.5 Å². The number of benzene rings is 1. The molecule has 0 aliphatic heterocycles. The molecular formula is C12H9IN4. The summed E-state index contributed by atoms with van der Waals surface area (Å²) in [6.07, 6.45) is 7.30. The second kappa shape index (κ2) is 3.99. The highest BCUT2D eigenvalue weighted by Gasteiger charge is 2.07. The molecule has 3 aromatic rings. The molecule has 0 atom stereocenters. The predicted octanol–water partition coefficient (Wildman–Crippen LogP) is 2.61. The summed E-state index contributed by atoms with van der Waals surface area (Å²) in [5.74, 6) is 0. The SMILES string of the molecule is Nc1c(-n2cc(I)cn2)ccc2cnccc12. The summed E-state index contributed by atoms with van der Waals surface area (Å²) in [6.45, 7) is 0. The molecule has 0 spiro atoms. The standard InChI is InChI=1S/C12H9IN4/c13-9-6-16-17(7-9)11-2-1-8-5-15-4-3-10(8)12(11)14/h1-7H,14H2. The fourth-order valence-electron chi connectivity index (χ4n) is 1.81. The Morgan fingerprint density at radius 2 is 2.06 bits per heavy atom. The van der Waals surface area contributed by atoms with Crippen molar-refractivity contribution < 1.29 is 0 Å². The first-order valence-corrected chi connectivity index (χ1v) is 6.16. The summed E-state index contributed by atoms with van der Waals surface area (Å²) in [6, 6.07) is 5.88. The Morgan fingerprint density at radius 3 is 2.82 bits per heavy atom. The van der Waals surface area contributed by atoms with E-state index in [1.54, 1.807) is 17.1 Å². The minimum Gasteiger partial charge on any atom is -0.396 e. The largest absolute Gasteiger partial charge is 0.396 e. The summed E-state index contributed by atoms with van der Waals surface area (Å²) in [7, 11) is 0. The third-order valence-corrected chi connectivity index (χ3v) is 3.19. The van der Waals surface area contributed by atoms with Crippen molar-refractivity contribution in [1.29, 1.82) is 0 Å². The number of fused-ring (bicyclic) bond motifs is 1. The van der Waals surface area contributed by atoms with Gasteiger partial charge in [-0.05, 0) is 34.7 Å². The maximum Gasteiger partial charge on any atom is 0.0881 e. The van der Waals surface area contributed by atoms with E-state index in [4.69, 9.17) is 5.73 Å². The van der Waals surface area contributed by atoms with Crippen molar-refractivity contribution >= 4 is 39.1 Å². The molecule has 0 aliphatic rings. The van der Waals surface area contributed by atoms with Crippen LogP contribution in [0, 0.1) is 3.57 Å². The second-order valence-electron chi connectivity index (χ2n) is 3.70. The van der Waals surface area contributed by atoms with E-state index in [0.717, 1.165) is 25.7 Å². The maximum absolute atomic E-state index is 6.17. The lowest BCUT2D eigenvalue weighted by atomic mass is 10.1. The van der Waals surface area contributed by atoms with Crippen LogP contribution in [0.5, 0.6) is 0 Å². The summed E-state index contributed by atoms with van der Waals surface area (Å²) in [5.41, 5.74) is 7.79. The minimum absolute atomic E-state index is 0.726. The molecule has 3 rings (SSSR count). The Morgan fingerprint density at radius 1 is 1.18 bits per heavy atom. The van der Waals surface area contributed by atoms with Gasteiger partial charge in [0.2, 0.25) is 0 Å². The highest BCUT2D eigenvalue weighted by molar-refractivity contribution is 14.1. The molecule has 0 amide bonds. The van der Waals surface area contributed by atoms with Gasteiger partial charge >= 0.3 is 0 Å². The average Bonchev–Trinajstić information content (AvgIpc) is 2.77. The van der Waals surface area contributed by atoms with E-state index >= 15 is 0 Å². The van der Waals surface area contributed by atoms with Gasteiger partial charge in [0.15, 0.2) is 0 Å². The summed E-state index contributed by atoms with van der Waals surface area (Å²) < 4.78 is 2.87. The Labute approximate surface area is 112 Å². The fraction of sp³-hybridized carbons (Fsp3) is 0. The van der Waals surface area contributed by atoms with Crippen molar-refractivity contribution in [2.75, 3.05) is 5.73 Å². The number of nitrogen functional groups attached to an aromatic ring is 1. The van der Waals surface area contributed by atoms with Crippen LogP contribution in [-0.2, 0) is 0 Å². The van der Waals surface area contributed by atoms with E-state index in [0.29, 0.717) is 0 Å². The fourth-order valence-corrected chi connectivity index (χ4v) is 2.20. The van der Waals surface area contributed by atoms with Crippen molar-refractivity contribution in [2.24, 2.45) is 0 Å². The van der Waals surface area contributed by atoms with Crippen LogP contribution in [-0.4, -0.2) is 14.8 Å².